The highest BCUT2D eigenvalue weighted by Crippen LogP contribution is 2.36. The van der Waals surface area contributed by atoms with Crippen molar-refractivity contribution in [3.05, 3.63) is 29.8 Å². The van der Waals surface area contributed by atoms with Crippen LogP contribution in [0.3, 0.4) is 0 Å². The SMILES string of the molecule is CC1(C)OB(c2ccc(CC(C#N)C#N)cc2)OC1(C)C. The van der Waals surface area contributed by atoms with Crippen LogP contribution in [0.25, 0.3) is 0 Å². The van der Waals surface area contributed by atoms with Gasteiger partial charge < -0.3 is 9.31 Å². The maximum atomic E-state index is 8.82. The molecule has 0 aliphatic carbocycles. The second kappa shape index (κ2) is 5.52. The van der Waals surface area contributed by atoms with Gasteiger partial charge in [0.05, 0.1) is 23.3 Å². The molecule has 1 fully saturated rings. The lowest BCUT2D eigenvalue weighted by Crippen LogP contribution is -2.41. The van der Waals surface area contributed by atoms with E-state index in [1.165, 1.54) is 0 Å². The molecule has 5 heteroatoms. The van der Waals surface area contributed by atoms with Crippen LogP contribution in [0.2, 0.25) is 0 Å². The van der Waals surface area contributed by atoms with Crippen LogP contribution < -0.4 is 5.46 Å². The van der Waals surface area contributed by atoms with Gasteiger partial charge >= 0.3 is 7.12 Å². The van der Waals surface area contributed by atoms with Crippen LogP contribution in [0.1, 0.15) is 33.3 Å². The number of rotatable bonds is 3. The fraction of sp³-hybridized carbons (Fsp3) is 0.500. The van der Waals surface area contributed by atoms with Crippen molar-refractivity contribution in [2.24, 2.45) is 5.92 Å². The van der Waals surface area contributed by atoms with Crippen molar-refractivity contribution in [2.75, 3.05) is 0 Å². The Labute approximate surface area is 126 Å². The number of hydrogen-bond acceptors (Lipinski definition) is 4. The third-order valence-electron chi connectivity index (χ3n) is 4.26. The molecule has 108 valence electrons. The largest absolute Gasteiger partial charge is 0.494 e. The molecule has 1 aromatic rings. The maximum absolute atomic E-state index is 8.82. The van der Waals surface area contributed by atoms with Gasteiger partial charge in [-0.3, -0.25) is 0 Å². The first-order valence-electron chi connectivity index (χ1n) is 7.03. The summed E-state index contributed by atoms with van der Waals surface area (Å²) in [4.78, 5) is 0. The number of nitrogens with zero attached hydrogens (tertiary/aromatic N) is 2. The van der Waals surface area contributed by atoms with Gasteiger partial charge in [0.15, 0.2) is 0 Å². The Kier molecular flexibility index (Phi) is 4.09. The average molecular weight is 282 g/mol. The number of nitriles is 2. The summed E-state index contributed by atoms with van der Waals surface area (Å²) in [5, 5.41) is 17.6. The Morgan fingerprint density at radius 1 is 1.00 bits per heavy atom. The third kappa shape index (κ3) is 3.10. The van der Waals surface area contributed by atoms with Crippen molar-refractivity contribution < 1.29 is 9.31 Å². The van der Waals surface area contributed by atoms with Crippen LogP contribution in [0.15, 0.2) is 24.3 Å². The van der Waals surface area contributed by atoms with Crippen molar-refractivity contribution in [2.45, 2.75) is 45.3 Å². The Morgan fingerprint density at radius 3 is 1.90 bits per heavy atom. The maximum Gasteiger partial charge on any atom is 0.494 e. The van der Waals surface area contributed by atoms with Gasteiger partial charge in [0.1, 0.15) is 5.92 Å². The molecule has 0 N–H and O–H groups in total. The average Bonchev–Trinajstić information content (AvgIpc) is 2.65. The minimum Gasteiger partial charge on any atom is -0.399 e. The highest BCUT2D eigenvalue weighted by molar-refractivity contribution is 6.62. The minimum atomic E-state index is -0.604. The lowest BCUT2D eigenvalue weighted by molar-refractivity contribution is 0.00578. The number of hydrogen-bond donors (Lipinski definition) is 0. The quantitative estimate of drug-likeness (QED) is 0.797. The van der Waals surface area contributed by atoms with E-state index in [0.29, 0.717) is 6.42 Å². The van der Waals surface area contributed by atoms with E-state index in [2.05, 4.69) is 0 Å². The summed E-state index contributed by atoms with van der Waals surface area (Å²) < 4.78 is 12.0. The van der Waals surface area contributed by atoms with E-state index in [4.69, 9.17) is 19.8 Å². The molecule has 2 rings (SSSR count). The molecule has 1 saturated heterocycles. The fourth-order valence-electron chi connectivity index (χ4n) is 2.15. The van der Waals surface area contributed by atoms with Gasteiger partial charge in [0, 0.05) is 6.42 Å². The summed E-state index contributed by atoms with van der Waals surface area (Å²) in [6, 6.07) is 11.7. The second-order valence-electron chi connectivity index (χ2n) is 6.34. The highest BCUT2D eigenvalue weighted by atomic mass is 16.7. The standard InChI is InChI=1S/C16H19BN2O2/c1-15(2)16(3,4)21-17(20-15)14-7-5-12(6-8-14)9-13(10-18)11-19/h5-8,13H,9H2,1-4H3. The predicted molar refractivity (Wildman–Crippen MR) is 80.6 cm³/mol. The molecule has 0 atom stereocenters. The van der Waals surface area contributed by atoms with E-state index in [-0.39, 0.29) is 18.3 Å². The first-order chi connectivity index (χ1) is 9.79. The molecule has 1 aliphatic rings. The summed E-state index contributed by atoms with van der Waals surface area (Å²) in [5.41, 5.74) is 1.19. The van der Waals surface area contributed by atoms with Crippen molar-refractivity contribution in [3.8, 4) is 12.1 Å². The molecule has 0 radical (unpaired) electrons. The summed E-state index contributed by atoms with van der Waals surface area (Å²) >= 11 is 0. The summed E-state index contributed by atoms with van der Waals surface area (Å²) in [6.07, 6.45) is 0.441. The van der Waals surface area contributed by atoms with Crippen LogP contribution in [-0.4, -0.2) is 18.3 Å². The summed E-state index contributed by atoms with van der Waals surface area (Å²) in [7, 11) is -0.383. The first-order valence-corrected chi connectivity index (χ1v) is 7.03. The summed E-state index contributed by atoms with van der Waals surface area (Å²) in [5.74, 6) is -0.604. The Balaban J connectivity index is 2.11. The third-order valence-corrected chi connectivity index (χ3v) is 4.26. The molecule has 1 heterocycles. The zero-order valence-corrected chi connectivity index (χ0v) is 12.9. The normalized spacial score (nSPS) is 19.3. The molecule has 0 amide bonds. The van der Waals surface area contributed by atoms with Crippen molar-refractivity contribution in [1.29, 1.82) is 10.5 Å². The molecule has 4 nitrogen and oxygen atoms in total. The van der Waals surface area contributed by atoms with Gasteiger partial charge in [-0.15, -0.1) is 0 Å². The van der Waals surface area contributed by atoms with Crippen molar-refractivity contribution >= 4 is 12.6 Å². The smallest absolute Gasteiger partial charge is 0.399 e. The topological polar surface area (TPSA) is 66.0 Å². The van der Waals surface area contributed by atoms with Gasteiger partial charge in [-0.1, -0.05) is 24.3 Å². The number of benzene rings is 1. The van der Waals surface area contributed by atoms with E-state index in [9.17, 15) is 0 Å². The molecule has 0 unspecified atom stereocenters. The molecular formula is C16H19BN2O2. The Hall–Kier alpha value is -1.82. The minimum absolute atomic E-state index is 0.358. The van der Waals surface area contributed by atoms with Gasteiger partial charge in [-0.25, -0.2) is 0 Å². The molecule has 0 aromatic heterocycles. The summed E-state index contributed by atoms with van der Waals surface area (Å²) in [6.45, 7) is 8.08. The van der Waals surface area contributed by atoms with E-state index in [1.807, 2.05) is 64.1 Å². The van der Waals surface area contributed by atoms with Crippen LogP contribution in [0.4, 0.5) is 0 Å². The first kappa shape index (κ1) is 15.6. The van der Waals surface area contributed by atoms with E-state index >= 15 is 0 Å². The molecule has 1 aromatic carbocycles. The van der Waals surface area contributed by atoms with E-state index in [1.54, 1.807) is 0 Å². The Bertz CT molecular complexity index is 566. The van der Waals surface area contributed by atoms with Crippen molar-refractivity contribution in [1.82, 2.24) is 0 Å². The van der Waals surface area contributed by atoms with Gasteiger partial charge in [0.2, 0.25) is 0 Å². The molecule has 0 spiro atoms. The fourth-order valence-corrected chi connectivity index (χ4v) is 2.15. The zero-order chi connectivity index (χ0) is 15.7. The van der Waals surface area contributed by atoms with Crippen LogP contribution in [0.5, 0.6) is 0 Å². The van der Waals surface area contributed by atoms with Gasteiger partial charge in [0.25, 0.3) is 0 Å². The van der Waals surface area contributed by atoms with Gasteiger partial charge in [-0.2, -0.15) is 10.5 Å². The van der Waals surface area contributed by atoms with Crippen LogP contribution >= 0.6 is 0 Å². The lowest BCUT2D eigenvalue weighted by atomic mass is 9.78. The molecule has 21 heavy (non-hydrogen) atoms. The van der Waals surface area contributed by atoms with Crippen LogP contribution in [0, 0.1) is 28.6 Å². The monoisotopic (exact) mass is 282 g/mol. The second-order valence-corrected chi connectivity index (χ2v) is 6.34. The van der Waals surface area contributed by atoms with E-state index in [0.717, 1.165) is 11.0 Å². The molecular weight excluding hydrogens is 263 g/mol. The Morgan fingerprint density at radius 2 is 1.48 bits per heavy atom. The van der Waals surface area contributed by atoms with Crippen LogP contribution in [-0.2, 0) is 15.7 Å². The van der Waals surface area contributed by atoms with Gasteiger partial charge in [-0.05, 0) is 38.7 Å². The predicted octanol–water partition coefficient (Wildman–Crippen LogP) is 2.19. The molecule has 1 aliphatic heterocycles. The molecule has 0 bridgehead atoms. The lowest BCUT2D eigenvalue weighted by Gasteiger charge is -2.32. The highest BCUT2D eigenvalue weighted by Gasteiger charge is 2.51. The molecule has 0 saturated carbocycles. The van der Waals surface area contributed by atoms with E-state index < -0.39 is 5.92 Å². The van der Waals surface area contributed by atoms with Crippen molar-refractivity contribution in [3.63, 3.8) is 0 Å². The zero-order valence-electron chi connectivity index (χ0n) is 12.9.